The Morgan fingerprint density at radius 3 is 2.85 bits per heavy atom. The van der Waals surface area contributed by atoms with Crippen LogP contribution in [0.2, 0.25) is 0 Å². The topological polar surface area (TPSA) is 35.0 Å². The number of rotatable bonds is 1. The Hall–Kier alpha value is -1.64. The molecule has 3 heteroatoms. The summed E-state index contributed by atoms with van der Waals surface area (Å²) in [5, 5.41) is 2.18. The van der Waals surface area contributed by atoms with Crippen LogP contribution in [-0.2, 0) is 0 Å². The molecule has 2 heterocycles. The Balaban J connectivity index is 2.74. The number of aryl methyl sites for hydroxylation is 1. The van der Waals surface area contributed by atoms with Crippen molar-refractivity contribution >= 4 is 10.8 Å². The Labute approximate surface area is 76.4 Å². The van der Waals surface area contributed by atoms with Gasteiger partial charge in [0.1, 0.15) is 0 Å². The maximum atomic E-state index is 5.05. The molecule has 0 saturated heterocycles. The van der Waals surface area contributed by atoms with Gasteiger partial charge in [-0.05, 0) is 17.9 Å². The van der Waals surface area contributed by atoms with Crippen molar-refractivity contribution in [3.63, 3.8) is 0 Å². The van der Waals surface area contributed by atoms with Crippen LogP contribution in [0.3, 0.4) is 0 Å². The van der Waals surface area contributed by atoms with E-state index in [9.17, 15) is 0 Å². The molecule has 0 atom stereocenters. The third-order valence-corrected chi connectivity index (χ3v) is 2.03. The van der Waals surface area contributed by atoms with Gasteiger partial charge in [0.25, 0.3) is 0 Å². The van der Waals surface area contributed by atoms with Gasteiger partial charge < -0.3 is 4.74 Å². The third kappa shape index (κ3) is 1.33. The van der Waals surface area contributed by atoms with E-state index in [2.05, 4.69) is 9.97 Å². The second-order valence-corrected chi connectivity index (χ2v) is 2.90. The van der Waals surface area contributed by atoms with E-state index in [1.807, 2.05) is 19.2 Å². The van der Waals surface area contributed by atoms with Crippen LogP contribution in [0.4, 0.5) is 0 Å². The van der Waals surface area contributed by atoms with Gasteiger partial charge in [-0.1, -0.05) is 0 Å². The van der Waals surface area contributed by atoms with Crippen LogP contribution in [0.5, 0.6) is 5.88 Å². The molecule has 0 aliphatic heterocycles. The average Bonchev–Trinajstić information content (AvgIpc) is 2.18. The van der Waals surface area contributed by atoms with Gasteiger partial charge in [0.2, 0.25) is 5.88 Å². The van der Waals surface area contributed by atoms with E-state index in [-0.39, 0.29) is 0 Å². The van der Waals surface area contributed by atoms with Crippen LogP contribution in [0.25, 0.3) is 10.8 Å². The van der Waals surface area contributed by atoms with Gasteiger partial charge in [-0.25, -0.2) is 4.98 Å². The van der Waals surface area contributed by atoms with Gasteiger partial charge in [0, 0.05) is 30.0 Å². The van der Waals surface area contributed by atoms with Crippen LogP contribution >= 0.6 is 0 Å². The van der Waals surface area contributed by atoms with Crippen LogP contribution < -0.4 is 4.74 Å². The number of ether oxygens (including phenoxy) is 1. The third-order valence-electron chi connectivity index (χ3n) is 2.03. The van der Waals surface area contributed by atoms with Crippen molar-refractivity contribution in [2.75, 3.05) is 7.11 Å². The first-order chi connectivity index (χ1) is 6.31. The lowest BCUT2D eigenvalue weighted by atomic mass is 10.1. The summed E-state index contributed by atoms with van der Waals surface area (Å²) in [6, 6.07) is 1.92. The summed E-state index contributed by atoms with van der Waals surface area (Å²) in [5.41, 5.74) is 1.14. The number of fused-ring (bicyclic) bond motifs is 1. The molecule has 3 nitrogen and oxygen atoms in total. The van der Waals surface area contributed by atoms with E-state index < -0.39 is 0 Å². The first-order valence-corrected chi connectivity index (χ1v) is 4.05. The minimum absolute atomic E-state index is 0.641. The fraction of sp³-hybridized carbons (Fsp3) is 0.200. The van der Waals surface area contributed by atoms with E-state index in [4.69, 9.17) is 4.74 Å². The van der Waals surface area contributed by atoms with E-state index in [1.54, 1.807) is 19.5 Å². The highest BCUT2D eigenvalue weighted by Gasteiger charge is 1.99. The predicted octanol–water partition coefficient (Wildman–Crippen LogP) is 1.95. The molecule has 0 N–H and O–H groups in total. The van der Waals surface area contributed by atoms with Crippen LogP contribution in [-0.4, -0.2) is 17.1 Å². The molecule has 0 fully saturated rings. The number of pyridine rings is 2. The quantitative estimate of drug-likeness (QED) is 0.662. The second kappa shape index (κ2) is 3.01. The average molecular weight is 174 g/mol. The van der Waals surface area contributed by atoms with Crippen molar-refractivity contribution in [2.45, 2.75) is 6.92 Å². The number of methoxy groups -OCH3 is 1. The summed E-state index contributed by atoms with van der Waals surface area (Å²) in [6.07, 6.45) is 5.41. The van der Waals surface area contributed by atoms with Crippen molar-refractivity contribution < 1.29 is 4.74 Å². The lowest BCUT2D eigenvalue weighted by Gasteiger charge is -2.02. The standard InChI is InChI=1S/C10H10N2O/c1-7-4-11-5-8-6-12-10(13-2)3-9(7)8/h3-6H,1-2H3. The van der Waals surface area contributed by atoms with Gasteiger partial charge in [-0.2, -0.15) is 0 Å². The van der Waals surface area contributed by atoms with Gasteiger partial charge >= 0.3 is 0 Å². The first kappa shape index (κ1) is 7.98. The molecule has 66 valence electrons. The smallest absolute Gasteiger partial charge is 0.213 e. The minimum Gasteiger partial charge on any atom is -0.481 e. The van der Waals surface area contributed by atoms with Crippen LogP contribution in [0.1, 0.15) is 5.56 Å². The lowest BCUT2D eigenvalue weighted by molar-refractivity contribution is 0.398. The monoisotopic (exact) mass is 174 g/mol. The molecule has 0 saturated carbocycles. The predicted molar refractivity (Wildman–Crippen MR) is 50.8 cm³/mol. The van der Waals surface area contributed by atoms with Gasteiger partial charge in [-0.15, -0.1) is 0 Å². The summed E-state index contributed by atoms with van der Waals surface area (Å²) in [7, 11) is 1.62. The summed E-state index contributed by atoms with van der Waals surface area (Å²) in [5.74, 6) is 0.641. The molecule has 2 aromatic heterocycles. The molecule has 0 aliphatic carbocycles. The van der Waals surface area contributed by atoms with Gasteiger partial charge in [0.15, 0.2) is 0 Å². The molecule has 0 radical (unpaired) electrons. The zero-order valence-electron chi connectivity index (χ0n) is 7.61. The number of hydrogen-bond donors (Lipinski definition) is 0. The maximum Gasteiger partial charge on any atom is 0.213 e. The van der Waals surface area contributed by atoms with E-state index in [1.165, 1.54) is 0 Å². The normalized spacial score (nSPS) is 10.3. The highest BCUT2D eigenvalue weighted by atomic mass is 16.5. The van der Waals surface area contributed by atoms with Crippen molar-refractivity contribution in [3.05, 3.63) is 30.2 Å². The fourth-order valence-electron chi connectivity index (χ4n) is 1.30. The summed E-state index contributed by atoms with van der Waals surface area (Å²) in [6.45, 7) is 2.02. The van der Waals surface area contributed by atoms with Crippen molar-refractivity contribution in [3.8, 4) is 5.88 Å². The second-order valence-electron chi connectivity index (χ2n) is 2.90. The maximum absolute atomic E-state index is 5.05. The molecule has 0 aliphatic rings. The summed E-state index contributed by atoms with van der Waals surface area (Å²) >= 11 is 0. The number of nitrogens with zero attached hydrogens (tertiary/aromatic N) is 2. The molecule has 0 unspecified atom stereocenters. The molecule has 0 aromatic carbocycles. The molecular formula is C10H10N2O. The van der Waals surface area contributed by atoms with Crippen molar-refractivity contribution in [1.82, 2.24) is 9.97 Å². The Morgan fingerprint density at radius 1 is 1.23 bits per heavy atom. The minimum atomic E-state index is 0.641. The zero-order chi connectivity index (χ0) is 9.26. The molecule has 0 spiro atoms. The van der Waals surface area contributed by atoms with Crippen LogP contribution in [0, 0.1) is 6.92 Å². The highest BCUT2D eigenvalue weighted by molar-refractivity contribution is 5.84. The van der Waals surface area contributed by atoms with Gasteiger partial charge in [0.05, 0.1) is 7.11 Å². The molecule has 13 heavy (non-hydrogen) atoms. The SMILES string of the molecule is COc1cc2c(C)cncc2cn1. The van der Waals surface area contributed by atoms with Gasteiger partial charge in [-0.3, -0.25) is 4.98 Å². The van der Waals surface area contributed by atoms with E-state index in [0.29, 0.717) is 5.88 Å². The van der Waals surface area contributed by atoms with E-state index >= 15 is 0 Å². The largest absolute Gasteiger partial charge is 0.481 e. The van der Waals surface area contributed by atoms with E-state index in [0.717, 1.165) is 16.3 Å². The Morgan fingerprint density at radius 2 is 2.08 bits per heavy atom. The zero-order valence-corrected chi connectivity index (χ0v) is 7.61. The molecule has 0 bridgehead atoms. The summed E-state index contributed by atoms with van der Waals surface area (Å²) in [4.78, 5) is 8.19. The van der Waals surface area contributed by atoms with Crippen molar-refractivity contribution in [2.24, 2.45) is 0 Å². The van der Waals surface area contributed by atoms with Crippen molar-refractivity contribution in [1.29, 1.82) is 0 Å². The molecular weight excluding hydrogens is 164 g/mol. The molecule has 0 amide bonds. The fourth-order valence-corrected chi connectivity index (χ4v) is 1.30. The lowest BCUT2D eigenvalue weighted by Crippen LogP contribution is -1.88. The Bertz CT molecular complexity index is 440. The molecule has 2 aromatic rings. The Kier molecular flexibility index (Phi) is 1.85. The molecule has 2 rings (SSSR count). The number of aromatic nitrogens is 2. The first-order valence-electron chi connectivity index (χ1n) is 4.05. The summed E-state index contributed by atoms with van der Waals surface area (Å²) < 4.78 is 5.05. The highest BCUT2D eigenvalue weighted by Crippen LogP contribution is 2.19. The number of hydrogen-bond acceptors (Lipinski definition) is 3. The van der Waals surface area contributed by atoms with Crippen LogP contribution in [0.15, 0.2) is 24.7 Å².